The summed E-state index contributed by atoms with van der Waals surface area (Å²) in [6.45, 7) is 3.73. The molecule has 13 heteroatoms. The van der Waals surface area contributed by atoms with Crippen molar-refractivity contribution < 1.29 is 17.9 Å². The minimum absolute atomic E-state index is 0.123. The van der Waals surface area contributed by atoms with Gasteiger partial charge in [-0.05, 0) is 36.4 Å². The summed E-state index contributed by atoms with van der Waals surface area (Å²) in [4.78, 5) is 20.9. The molecule has 12 nitrogen and oxygen atoms in total. The van der Waals surface area contributed by atoms with E-state index in [0.29, 0.717) is 63.9 Å². The number of hydrogen-bond donors (Lipinski definition) is 0. The van der Waals surface area contributed by atoms with Crippen LogP contribution in [0.1, 0.15) is 10.4 Å². The maximum atomic E-state index is 13.0. The Kier molecular flexibility index (Phi) is 6.22. The molecule has 2 saturated heterocycles. The fraction of sp³-hybridized carbons (Fsp3) is 0.381. The number of rotatable bonds is 5. The first kappa shape index (κ1) is 22.4. The van der Waals surface area contributed by atoms with E-state index >= 15 is 0 Å². The van der Waals surface area contributed by atoms with Gasteiger partial charge in [0.25, 0.3) is 5.91 Å². The van der Waals surface area contributed by atoms with Crippen molar-refractivity contribution in [3.05, 3.63) is 54.6 Å². The highest BCUT2D eigenvalue weighted by molar-refractivity contribution is 7.89. The molecule has 0 saturated carbocycles. The highest BCUT2D eigenvalue weighted by Crippen LogP contribution is 2.20. The number of aromatic nitrogens is 5. The molecule has 4 heterocycles. The van der Waals surface area contributed by atoms with E-state index in [9.17, 15) is 13.2 Å². The van der Waals surface area contributed by atoms with Crippen molar-refractivity contribution in [1.82, 2.24) is 34.2 Å². The number of sulfonamides is 1. The summed E-state index contributed by atoms with van der Waals surface area (Å²) in [5.41, 5.74) is 0.464. The molecule has 0 bridgehead atoms. The Hall–Kier alpha value is -3.42. The van der Waals surface area contributed by atoms with E-state index in [1.54, 1.807) is 23.4 Å². The molecule has 0 radical (unpaired) electrons. The zero-order valence-electron chi connectivity index (χ0n) is 18.4. The van der Waals surface area contributed by atoms with Gasteiger partial charge in [0.15, 0.2) is 11.6 Å². The maximum Gasteiger partial charge on any atom is 0.253 e. The lowest BCUT2D eigenvalue weighted by Crippen LogP contribution is -2.49. The van der Waals surface area contributed by atoms with Crippen molar-refractivity contribution in [3.63, 3.8) is 0 Å². The van der Waals surface area contributed by atoms with Crippen LogP contribution in [0.3, 0.4) is 0 Å². The van der Waals surface area contributed by atoms with E-state index in [-0.39, 0.29) is 10.8 Å². The fourth-order valence-electron chi connectivity index (χ4n) is 3.96. The van der Waals surface area contributed by atoms with Crippen molar-refractivity contribution in [3.8, 4) is 5.82 Å². The van der Waals surface area contributed by atoms with E-state index in [1.165, 1.54) is 27.4 Å². The number of anilines is 1. The van der Waals surface area contributed by atoms with Crippen LogP contribution in [-0.4, -0.2) is 101 Å². The molecule has 2 aromatic heterocycles. The monoisotopic (exact) mass is 484 g/mol. The first-order valence-corrected chi connectivity index (χ1v) is 12.4. The summed E-state index contributed by atoms with van der Waals surface area (Å²) in [7, 11) is -3.58. The molecule has 5 rings (SSSR count). The molecule has 0 atom stereocenters. The summed E-state index contributed by atoms with van der Waals surface area (Å²) in [5.74, 6) is 1.19. The van der Waals surface area contributed by atoms with Crippen LogP contribution >= 0.6 is 0 Å². The number of carbonyl (C=O) groups excluding carboxylic acids is 1. The van der Waals surface area contributed by atoms with Crippen LogP contribution < -0.4 is 4.90 Å². The summed E-state index contributed by atoms with van der Waals surface area (Å²) >= 11 is 0. The molecule has 0 unspecified atom stereocenters. The zero-order chi connectivity index (χ0) is 23.5. The zero-order valence-corrected chi connectivity index (χ0v) is 19.2. The Morgan fingerprint density at radius 3 is 2.15 bits per heavy atom. The Morgan fingerprint density at radius 1 is 0.853 bits per heavy atom. The first-order chi connectivity index (χ1) is 16.5. The van der Waals surface area contributed by atoms with Gasteiger partial charge in [-0.15, -0.1) is 10.2 Å². The Labute approximate surface area is 196 Å². The average molecular weight is 485 g/mol. The van der Waals surface area contributed by atoms with Crippen molar-refractivity contribution in [1.29, 1.82) is 0 Å². The minimum Gasteiger partial charge on any atom is -0.379 e. The number of amides is 1. The number of morpholine rings is 1. The summed E-state index contributed by atoms with van der Waals surface area (Å²) in [6.07, 6.45) is 2.99. The van der Waals surface area contributed by atoms with Crippen molar-refractivity contribution >= 4 is 21.7 Å². The molecule has 34 heavy (non-hydrogen) atoms. The molecular formula is C21H24N8O4S. The second kappa shape index (κ2) is 9.44. The lowest BCUT2D eigenvalue weighted by Gasteiger charge is -2.35. The topological polar surface area (TPSA) is 127 Å². The molecule has 0 N–H and O–H groups in total. The van der Waals surface area contributed by atoms with Gasteiger partial charge in [0.2, 0.25) is 10.0 Å². The van der Waals surface area contributed by atoms with Crippen LogP contribution in [0.4, 0.5) is 5.82 Å². The number of nitrogens with zero attached hydrogens (tertiary/aromatic N) is 8. The molecule has 178 valence electrons. The van der Waals surface area contributed by atoms with Gasteiger partial charge in [-0.25, -0.2) is 18.1 Å². The smallest absolute Gasteiger partial charge is 0.253 e. The van der Waals surface area contributed by atoms with Crippen LogP contribution in [0.2, 0.25) is 0 Å². The molecule has 1 aromatic carbocycles. The normalized spacial score (nSPS) is 17.6. The van der Waals surface area contributed by atoms with Crippen LogP contribution in [0.15, 0.2) is 53.9 Å². The second-order valence-corrected chi connectivity index (χ2v) is 9.85. The highest BCUT2D eigenvalue weighted by atomic mass is 32.2. The van der Waals surface area contributed by atoms with Gasteiger partial charge in [0.05, 0.1) is 18.1 Å². The molecule has 3 aromatic rings. The first-order valence-electron chi connectivity index (χ1n) is 10.9. The van der Waals surface area contributed by atoms with E-state index in [1.807, 2.05) is 12.1 Å². The van der Waals surface area contributed by atoms with E-state index in [4.69, 9.17) is 4.74 Å². The van der Waals surface area contributed by atoms with E-state index in [2.05, 4.69) is 25.2 Å². The molecule has 2 fully saturated rings. The SMILES string of the molecule is O=C(c1ccc(S(=O)(=O)N2CCOCC2)cc1)N1CCN(c2ccc(-n3cncn3)nn2)CC1. The summed E-state index contributed by atoms with van der Waals surface area (Å²) in [5, 5.41) is 12.5. The maximum absolute atomic E-state index is 13.0. The Bertz CT molecular complexity index is 1220. The summed E-state index contributed by atoms with van der Waals surface area (Å²) in [6, 6.07) is 9.85. The molecule has 0 aliphatic carbocycles. The molecule has 2 aliphatic rings. The largest absolute Gasteiger partial charge is 0.379 e. The van der Waals surface area contributed by atoms with Gasteiger partial charge in [0.1, 0.15) is 12.7 Å². The van der Waals surface area contributed by atoms with Crippen molar-refractivity contribution in [2.45, 2.75) is 4.90 Å². The van der Waals surface area contributed by atoms with Gasteiger partial charge in [-0.1, -0.05) is 0 Å². The third-order valence-corrected chi connectivity index (χ3v) is 7.80. The highest BCUT2D eigenvalue weighted by Gasteiger charge is 2.27. The molecule has 2 aliphatic heterocycles. The lowest BCUT2D eigenvalue weighted by atomic mass is 10.2. The van der Waals surface area contributed by atoms with Crippen LogP contribution in [0, 0.1) is 0 Å². The van der Waals surface area contributed by atoms with Gasteiger partial charge < -0.3 is 14.5 Å². The second-order valence-electron chi connectivity index (χ2n) is 7.91. The fourth-order valence-corrected chi connectivity index (χ4v) is 5.37. The number of piperazine rings is 1. The quantitative estimate of drug-likeness (QED) is 0.493. The summed E-state index contributed by atoms with van der Waals surface area (Å²) < 4.78 is 33.7. The van der Waals surface area contributed by atoms with E-state index in [0.717, 1.165) is 5.82 Å². The average Bonchev–Trinajstić information content (AvgIpc) is 3.44. The lowest BCUT2D eigenvalue weighted by molar-refractivity contribution is 0.0730. The number of ether oxygens (including phenoxy) is 1. The van der Waals surface area contributed by atoms with Crippen LogP contribution in [-0.2, 0) is 14.8 Å². The molecule has 1 amide bonds. The number of benzene rings is 1. The predicted molar refractivity (Wildman–Crippen MR) is 121 cm³/mol. The van der Waals surface area contributed by atoms with Gasteiger partial charge >= 0.3 is 0 Å². The molecule has 0 spiro atoms. The number of carbonyl (C=O) groups is 1. The van der Waals surface area contributed by atoms with Crippen LogP contribution in [0.5, 0.6) is 0 Å². The van der Waals surface area contributed by atoms with Gasteiger partial charge in [-0.2, -0.15) is 9.40 Å². The van der Waals surface area contributed by atoms with Crippen LogP contribution in [0.25, 0.3) is 5.82 Å². The third kappa shape index (κ3) is 4.49. The standard InChI is InChI=1S/C21H24N8O4S/c30-21(17-1-3-18(4-2-17)34(31,32)28-11-13-33-14-12-28)27-9-7-26(8-10-27)19-5-6-20(25-24-19)29-16-22-15-23-29/h1-6,15-16H,7-14H2. The van der Waals surface area contributed by atoms with Crippen molar-refractivity contribution in [2.75, 3.05) is 57.4 Å². The number of hydrogen-bond acceptors (Lipinski definition) is 9. The third-order valence-electron chi connectivity index (χ3n) is 5.89. The van der Waals surface area contributed by atoms with Gasteiger partial charge in [-0.3, -0.25) is 4.79 Å². The predicted octanol–water partition coefficient (Wildman–Crippen LogP) is 0.0406. The van der Waals surface area contributed by atoms with Crippen molar-refractivity contribution in [2.24, 2.45) is 0 Å². The van der Waals surface area contributed by atoms with Gasteiger partial charge in [0, 0.05) is 44.8 Å². The minimum atomic E-state index is -3.58. The molecular weight excluding hydrogens is 460 g/mol. The van der Waals surface area contributed by atoms with E-state index < -0.39 is 10.0 Å². The Morgan fingerprint density at radius 2 is 1.53 bits per heavy atom. The Balaban J connectivity index is 1.19.